The molecule has 4 nitrogen and oxygen atoms in total. The maximum absolute atomic E-state index is 12.8. The van der Waals surface area contributed by atoms with E-state index in [-0.39, 0.29) is 10.9 Å². The van der Waals surface area contributed by atoms with E-state index in [4.69, 9.17) is 0 Å². The number of benzene rings is 2. The van der Waals surface area contributed by atoms with E-state index in [1.54, 1.807) is 35.6 Å². The number of thiophene rings is 1. The molecule has 0 radical (unpaired) electrons. The molecule has 0 spiro atoms. The lowest BCUT2D eigenvalue weighted by atomic mass is 9.97. The largest absolute Gasteiger partial charge is 0.290 e. The Morgan fingerprint density at radius 3 is 2.54 bits per heavy atom. The van der Waals surface area contributed by atoms with Crippen LogP contribution in [0.15, 0.2) is 74.7 Å². The Morgan fingerprint density at radius 1 is 1.07 bits per heavy atom. The fourth-order valence-corrected chi connectivity index (χ4v) is 5.60. The molecule has 0 aliphatic carbocycles. The van der Waals surface area contributed by atoms with E-state index < -0.39 is 10.0 Å². The van der Waals surface area contributed by atoms with Crippen LogP contribution in [0.4, 0.5) is 0 Å². The highest BCUT2D eigenvalue weighted by Crippen LogP contribution is 2.29. The van der Waals surface area contributed by atoms with Gasteiger partial charge < -0.3 is 0 Å². The third-order valence-electron chi connectivity index (χ3n) is 5.12. The van der Waals surface area contributed by atoms with Crippen LogP contribution in [-0.2, 0) is 23.0 Å². The first-order chi connectivity index (χ1) is 13.5. The Labute approximate surface area is 178 Å². The SMILES string of the molecule is O=S(=O)(NCC(c1ccsc1)N1CCc2ccccc2C1)c1ccc(Br)cc1. The average Bonchev–Trinajstić information content (AvgIpc) is 3.23. The predicted octanol–water partition coefficient (Wildman–Crippen LogP) is 4.59. The zero-order valence-corrected chi connectivity index (χ0v) is 18.4. The quantitative estimate of drug-likeness (QED) is 0.565. The van der Waals surface area contributed by atoms with Gasteiger partial charge in [-0.05, 0) is 64.2 Å². The molecule has 2 heterocycles. The highest BCUT2D eigenvalue weighted by Gasteiger charge is 2.26. The molecule has 1 atom stereocenters. The van der Waals surface area contributed by atoms with E-state index in [1.165, 1.54) is 11.1 Å². The van der Waals surface area contributed by atoms with E-state index in [9.17, 15) is 8.42 Å². The summed E-state index contributed by atoms with van der Waals surface area (Å²) in [7, 11) is -3.56. The molecule has 0 amide bonds. The van der Waals surface area contributed by atoms with Crippen molar-refractivity contribution in [3.05, 3.63) is 86.5 Å². The van der Waals surface area contributed by atoms with Crippen LogP contribution in [0, 0.1) is 0 Å². The zero-order chi connectivity index (χ0) is 19.6. The van der Waals surface area contributed by atoms with Crippen molar-refractivity contribution in [3.8, 4) is 0 Å². The summed E-state index contributed by atoms with van der Waals surface area (Å²) in [5.41, 5.74) is 3.87. The van der Waals surface area contributed by atoms with Gasteiger partial charge >= 0.3 is 0 Å². The maximum Gasteiger partial charge on any atom is 0.240 e. The van der Waals surface area contributed by atoms with E-state index in [0.29, 0.717) is 6.54 Å². The van der Waals surface area contributed by atoms with E-state index >= 15 is 0 Å². The lowest BCUT2D eigenvalue weighted by Crippen LogP contribution is -2.40. The fourth-order valence-electron chi connectivity index (χ4n) is 3.59. The first kappa shape index (κ1) is 19.8. The highest BCUT2D eigenvalue weighted by atomic mass is 79.9. The Kier molecular flexibility index (Phi) is 5.99. The van der Waals surface area contributed by atoms with Crippen molar-refractivity contribution >= 4 is 37.3 Å². The molecular weight excluding hydrogens is 456 g/mol. The third kappa shape index (κ3) is 4.39. The van der Waals surface area contributed by atoms with Gasteiger partial charge in [-0.25, -0.2) is 13.1 Å². The molecule has 0 bridgehead atoms. The topological polar surface area (TPSA) is 49.4 Å². The van der Waals surface area contributed by atoms with E-state index in [2.05, 4.69) is 61.3 Å². The molecule has 1 aromatic heterocycles. The van der Waals surface area contributed by atoms with Gasteiger partial charge in [0.25, 0.3) is 0 Å². The molecule has 2 aromatic carbocycles. The predicted molar refractivity (Wildman–Crippen MR) is 117 cm³/mol. The van der Waals surface area contributed by atoms with Gasteiger partial charge in [0.1, 0.15) is 0 Å². The summed E-state index contributed by atoms with van der Waals surface area (Å²) in [6, 6.07) is 17.3. The number of halogens is 1. The van der Waals surface area contributed by atoms with Crippen LogP contribution in [-0.4, -0.2) is 26.4 Å². The van der Waals surface area contributed by atoms with E-state index in [0.717, 1.165) is 29.5 Å². The van der Waals surface area contributed by atoms with Crippen LogP contribution >= 0.6 is 27.3 Å². The van der Waals surface area contributed by atoms with Crippen LogP contribution in [0.3, 0.4) is 0 Å². The third-order valence-corrected chi connectivity index (χ3v) is 7.79. The molecular formula is C21H21BrN2O2S2. The minimum atomic E-state index is -3.56. The Hall–Kier alpha value is -1.51. The normalized spacial score (nSPS) is 15.9. The molecule has 28 heavy (non-hydrogen) atoms. The summed E-state index contributed by atoms with van der Waals surface area (Å²) in [5.74, 6) is 0. The van der Waals surface area contributed by atoms with Crippen molar-refractivity contribution in [2.24, 2.45) is 0 Å². The fraction of sp³-hybridized carbons (Fsp3) is 0.238. The number of hydrogen-bond donors (Lipinski definition) is 1. The number of rotatable bonds is 6. The molecule has 1 N–H and O–H groups in total. The summed E-state index contributed by atoms with van der Waals surface area (Å²) in [5, 5.41) is 4.16. The van der Waals surface area contributed by atoms with Crippen molar-refractivity contribution < 1.29 is 8.42 Å². The minimum Gasteiger partial charge on any atom is -0.290 e. The molecule has 4 rings (SSSR count). The second kappa shape index (κ2) is 8.47. The molecule has 7 heteroatoms. The minimum absolute atomic E-state index is 0.00447. The van der Waals surface area contributed by atoms with Crippen LogP contribution < -0.4 is 4.72 Å². The molecule has 3 aromatic rings. The lowest BCUT2D eigenvalue weighted by molar-refractivity contribution is 0.181. The molecule has 0 saturated heterocycles. The molecule has 0 saturated carbocycles. The van der Waals surface area contributed by atoms with Crippen LogP contribution in [0.1, 0.15) is 22.7 Å². The zero-order valence-electron chi connectivity index (χ0n) is 15.2. The van der Waals surface area contributed by atoms with E-state index in [1.807, 2.05) is 5.38 Å². The Balaban J connectivity index is 1.54. The van der Waals surface area contributed by atoms with Gasteiger partial charge in [-0.15, -0.1) is 0 Å². The van der Waals surface area contributed by atoms with Gasteiger partial charge in [-0.3, -0.25) is 4.90 Å². The molecule has 1 aliphatic heterocycles. The molecule has 0 fully saturated rings. The van der Waals surface area contributed by atoms with Crippen molar-refractivity contribution in [2.45, 2.75) is 23.9 Å². The van der Waals surface area contributed by atoms with Gasteiger partial charge in [0, 0.05) is 30.1 Å². The molecule has 1 aliphatic rings. The lowest BCUT2D eigenvalue weighted by Gasteiger charge is -2.35. The second-order valence-electron chi connectivity index (χ2n) is 6.87. The van der Waals surface area contributed by atoms with Crippen LogP contribution in [0.25, 0.3) is 0 Å². The first-order valence-corrected chi connectivity index (χ1v) is 12.3. The average molecular weight is 477 g/mol. The number of nitrogens with one attached hydrogen (secondary N) is 1. The summed E-state index contributed by atoms with van der Waals surface area (Å²) in [6.07, 6.45) is 0.982. The van der Waals surface area contributed by atoms with Crippen molar-refractivity contribution in [2.75, 3.05) is 13.1 Å². The number of fused-ring (bicyclic) bond motifs is 1. The van der Waals surface area contributed by atoms with Gasteiger partial charge in [0.2, 0.25) is 10.0 Å². The standard InChI is InChI=1S/C21H21BrN2O2S2/c22-19-5-7-20(8-6-19)28(25,26)23-13-21(18-10-12-27-15-18)24-11-9-16-3-1-2-4-17(16)14-24/h1-8,10,12,15,21,23H,9,11,13-14H2. The number of hydrogen-bond acceptors (Lipinski definition) is 4. The van der Waals surface area contributed by atoms with Gasteiger partial charge in [0.15, 0.2) is 0 Å². The highest BCUT2D eigenvalue weighted by molar-refractivity contribution is 9.10. The summed E-state index contributed by atoms with van der Waals surface area (Å²) in [4.78, 5) is 2.65. The smallest absolute Gasteiger partial charge is 0.240 e. The van der Waals surface area contributed by atoms with Crippen LogP contribution in [0.5, 0.6) is 0 Å². The van der Waals surface area contributed by atoms with Crippen molar-refractivity contribution in [1.29, 1.82) is 0 Å². The monoisotopic (exact) mass is 476 g/mol. The van der Waals surface area contributed by atoms with Crippen molar-refractivity contribution in [3.63, 3.8) is 0 Å². The number of sulfonamides is 1. The van der Waals surface area contributed by atoms with Gasteiger partial charge in [-0.2, -0.15) is 11.3 Å². The first-order valence-electron chi connectivity index (χ1n) is 9.11. The summed E-state index contributed by atoms with van der Waals surface area (Å²) >= 11 is 4.98. The van der Waals surface area contributed by atoms with Gasteiger partial charge in [0.05, 0.1) is 4.90 Å². The van der Waals surface area contributed by atoms with Crippen molar-refractivity contribution in [1.82, 2.24) is 9.62 Å². The summed E-state index contributed by atoms with van der Waals surface area (Å²) in [6.45, 7) is 2.09. The molecule has 146 valence electrons. The maximum atomic E-state index is 12.8. The summed E-state index contributed by atoms with van der Waals surface area (Å²) < 4.78 is 29.2. The molecule has 1 unspecified atom stereocenters. The number of nitrogens with zero attached hydrogens (tertiary/aromatic N) is 1. The van der Waals surface area contributed by atoms with Crippen LogP contribution in [0.2, 0.25) is 0 Å². The van der Waals surface area contributed by atoms with Gasteiger partial charge in [-0.1, -0.05) is 40.2 Å². The Bertz CT molecular complexity index is 1030. The second-order valence-corrected chi connectivity index (χ2v) is 10.3. The Morgan fingerprint density at radius 2 is 1.82 bits per heavy atom.